The fourth-order valence-corrected chi connectivity index (χ4v) is 1.37. The molecule has 0 heterocycles. The summed E-state index contributed by atoms with van der Waals surface area (Å²) in [5.41, 5.74) is 0. The van der Waals surface area contributed by atoms with Crippen molar-refractivity contribution in [2.45, 2.75) is 26.2 Å². The Hall–Kier alpha value is -1.14. The molecule has 0 unspecified atom stereocenters. The molecular formula is C11H22N2O4. The van der Waals surface area contributed by atoms with Crippen LogP contribution in [0.3, 0.4) is 0 Å². The summed E-state index contributed by atoms with van der Waals surface area (Å²) in [6.45, 7) is 4.20. The number of rotatable bonds is 10. The van der Waals surface area contributed by atoms with E-state index in [4.69, 9.17) is 10.2 Å². The summed E-state index contributed by atoms with van der Waals surface area (Å²) in [6, 6.07) is 0. The van der Waals surface area contributed by atoms with Crippen molar-refractivity contribution in [1.82, 2.24) is 10.2 Å². The molecule has 0 saturated heterocycles. The van der Waals surface area contributed by atoms with Gasteiger partial charge < -0.3 is 15.5 Å². The number of carbonyl (C=O) groups excluding carboxylic acids is 1. The van der Waals surface area contributed by atoms with Gasteiger partial charge in [-0.05, 0) is 19.4 Å². The lowest BCUT2D eigenvalue weighted by atomic mass is 10.3. The molecule has 3 N–H and O–H groups in total. The van der Waals surface area contributed by atoms with Gasteiger partial charge in [0.25, 0.3) is 0 Å². The van der Waals surface area contributed by atoms with Gasteiger partial charge in [0.05, 0.1) is 6.54 Å². The van der Waals surface area contributed by atoms with E-state index in [9.17, 15) is 9.59 Å². The molecule has 0 fully saturated rings. The molecule has 0 rings (SSSR count). The topological polar surface area (TPSA) is 89.9 Å². The number of nitrogens with zero attached hydrogens (tertiary/aromatic N) is 1. The van der Waals surface area contributed by atoms with Gasteiger partial charge in [-0.3, -0.25) is 14.5 Å². The molecule has 0 spiro atoms. The van der Waals surface area contributed by atoms with E-state index < -0.39 is 5.97 Å². The molecule has 0 atom stereocenters. The lowest BCUT2D eigenvalue weighted by molar-refractivity contribution is -0.137. The third-order valence-corrected chi connectivity index (χ3v) is 2.34. The minimum absolute atomic E-state index is 0.0717. The maximum absolute atomic E-state index is 11.5. The number of carbonyl (C=O) groups is 2. The average Bonchev–Trinajstić information content (AvgIpc) is 2.29. The predicted octanol–water partition coefficient (Wildman–Crippen LogP) is -0.328. The van der Waals surface area contributed by atoms with Crippen molar-refractivity contribution < 1.29 is 19.8 Å². The number of carboxylic acid groups (broad SMARTS) is 1. The molecule has 0 aliphatic carbocycles. The highest BCUT2D eigenvalue weighted by Gasteiger charge is 2.08. The molecule has 100 valence electrons. The molecule has 0 bridgehead atoms. The summed E-state index contributed by atoms with van der Waals surface area (Å²) in [7, 11) is 0. The lowest BCUT2D eigenvalue weighted by Crippen LogP contribution is -2.38. The smallest absolute Gasteiger partial charge is 0.303 e. The second-order valence-corrected chi connectivity index (χ2v) is 3.79. The Morgan fingerprint density at radius 2 is 2.00 bits per heavy atom. The summed E-state index contributed by atoms with van der Waals surface area (Å²) in [5.74, 6) is -0.951. The van der Waals surface area contributed by atoms with Gasteiger partial charge in [0.1, 0.15) is 0 Å². The minimum atomic E-state index is -0.850. The quantitative estimate of drug-likeness (QED) is 0.459. The zero-order valence-electron chi connectivity index (χ0n) is 10.3. The van der Waals surface area contributed by atoms with Gasteiger partial charge >= 0.3 is 5.97 Å². The van der Waals surface area contributed by atoms with Crippen LogP contribution in [0.15, 0.2) is 0 Å². The number of likely N-dealkylation sites (N-methyl/N-ethyl adjacent to an activating group) is 1. The molecule has 0 aromatic rings. The molecule has 0 aliphatic rings. The highest BCUT2D eigenvalue weighted by molar-refractivity contribution is 5.78. The molecule has 6 heteroatoms. The highest BCUT2D eigenvalue weighted by Crippen LogP contribution is 1.91. The van der Waals surface area contributed by atoms with Crippen LogP contribution in [0, 0.1) is 0 Å². The molecule has 1 amide bonds. The first-order chi connectivity index (χ1) is 8.10. The summed E-state index contributed by atoms with van der Waals surface area (Å²) in [4.78, 5) is 23.6. The Kier molecular flexibility index (Phi) is 9.37. The summed E-state index contributed by atoms with van der Waals surface area (Å²) in [6.07, 6.45) is 1.17. The first-order valence-corrected chi connectivity index (χ1v) is 5.91. The van der Waals surface area contributed by atoms with Crippen LogP contribution in [-0.4, -0.2) is 59.8 Å². The number of carboxylic acids is 1. The Bertz CT molecular complexity index is 234. The van der Waals surface area contributed by atoms with E-state index in [-0.39, 0.29) is 18.9 Å². The van der Waals surface area contributed by atoms with Crippen molar-refractivity contribution in [3.8, 4) is 0 Å². The van der Waals surface area contributed by atoms with Crippen LogP contribution in [0.2, 0.25) is 0 Å². The number of aliphatic carboxylic acids is 1. The average molecular weight is 246 g/mol. The number of amides is 1. The monoisotopic (exact) mass is 246 g/mol. The predicted molar refractivity (Wildman–Crippen MR) is 63.7 cm³/mol. The van der Waals surface area contributed by atoms with Gasteiger partial charge in [0, 0.05) is 26.1 Å². The lowest BCUT2D eigenvalue weighted by Gasteiger charge is -2.19. The van der Waals surface area contributed by atoms with Gasteiger partial charge in [-0.2, -0.15) is 0 Å². The van der Waals surface area contributed by atoms with E-state index in [1.807, 2.05) is 11.8 Å². The van der Waals surface area contributed by atoms with Gasteiger partial charge in [-0.1, -0.05) is 6.92 Å². The molecule has 6 nitrogen and oxygen atoms in total. The van der Waals surface area contributed by atoms with Crippen molar-refractivity contribution in [2.24, 2.45) is 0 Å². The SMILES string of the molecule is CCN(CCCO)CC(=O)NCCCC(=O)O. The van der Waals surface area contributed by atoms with E-state index in [2.05, 4.69) is 5.32 Å². The van der Waals surface area contributed by atoms with E-state index in [0.29, 0.717) is 32.5 Å². The first kappa shape index (κ1) is 15.9. The molecule has 0 aromatic carbocycles. The molecular weight excluding hydrogens is 224 g/mol. The number of hydrogen-bond donors (Lipinski definition) is 3. The van der Waals surface area contributed by atoms with Crippen molar-refractivity contribution in [1.29, 1.82) is 0 Å². The van der Waals surface area contributed by atoms with Crippen LogP contribution in [0.1, 0.15) is 26.2 Å². The molecule has 0 radical (unpaired) electrons. The van der Waals surface area contributed by atoms with Crippen LogP contribution in [-0.2, 0) is 9.59 Å². The van der Waals surface area contributed by atoms with E-state index in [0.717, 1.165) is 6.54 Å². The molecule has 0 aliphatic heterocycles. The van der Waals surface area contributed by atoms with Crippen LogP contribution < -0.4 is 5.32 Å². The zero-order valence-corrected chi connectivity index (χ0v) is 10.3. The Morgan fingerprint density at radius 1 is 1.29 bits per heavy atom. The summed E-state index contributed by atoms with van der Waals surface area (Å²) >= 11 is 0. The van der Waals surface area contributed by atoms with Gasteiger partial charge in [-0.25, -0.2) is 0 Å². The van der Waals surface area contributed by atoms with Crippen LogP contribution in [0.25, 0.3) is 0 Å². The highest BCUT2D eigenvalue weighted by atomic mass is 16.4. The Morgan fingerprint density at radius 3 is 2.53 bits per heavy atom. The maximum atomic E-state index is 11.5. The van der Waals surface area contributed by atoms with Crippen LogP contribution in [0.4, 0.5) is 0 Å². The fourth-order valence-electron chi connectivity index (χ4n) is 1.37. The Labute approximate surface area is 102 Å². The third kappa shape index (κ3) is 9.77. The maximum Gasteiger partial charge on any atom is 0.303 e. The normalized spacial score (nSPS) is 10.5. The fraction of sp³-hybridized carbons (Fsp3) is 0.818. The number of aliphatic hydroxyl groups is 1. The van der Waals surface area contributed by atoms with Crippen molar-refractivity contribution in [3.05, 3.63) is 0 Å². The largest absolute Gasteiger partial charge is 0.481 e. The van der Waals surface area contributed by atoms with Crippen molar-refractivity contribution in [2.75, 3.05) is 32.8 Å². The summed E-state index contributed by atoms with van der Waals surface area (Å²) < 4.78 is 0. The number of hydrogen-bond acceptors (Lipinski definition) is 4. The van der Waals surface area contributed by atoms with Crippen molar-refractivity contribution >= 4 is 11.9 Å². The van der Waals surface area contributed by atoms with Gasteiger partial charge in [0.15, 0.2) is 0 Å². The van der Waals surface area contributed by atoms with E-state index in [1.165, 1.54) is 0 Å². The van der Waals surface area contributed by atoms with E-state index >= 15 is 0 Å². The number of nitrogens with one attached hydrogen (secondary N) is 1. The summed E-state index contributed by atoms with van der Waals surface area (Å²) in [5, 5.41) is 19.8. The second-order valence-electron chi connectivity index (χ2n) is 3.79. The zero-order chi connectivity index (χ0) is 13.1. The van der Waals surface area contributed by atoms with Crippen molar-refractivity contribution in [3.63, 3.8) is 0 Å². The van der Waals surface area contributed by atoms with Crippen LogP contribution in [0.5, 0.6) is 0 Å². The second kappa shape index (κ2) is 10.0. The standard InChI is InChI=1S/C11H22N2O4/c1-2-13(7-4-8-14)9-10(15)12-6-3-5-11(16)17/h14H,2-9H2,1H3,(H,12,15)(H,16,17). The minimum Gasteiger partial charge on any atom is -0.481 e. The van der Waals surface area contributed by atoms with Gasteiger partial charge in [-0.15, -0.1) is 0 Å². The van der Waals surface area contributed by atoms with Gasteiger partial charge in [0.2, 0.25) is 5.91 Å². The van der Waals surface area contributed by atoms with E-state index in [1.54, 1.807) is 0 Å². The van der Waals surface area contributed by atoms with Crippen LogP contribution >= 0.6 is 0 Å². The molecule has 0 saturated carbocycles. The molecule has 0 aromatic heterocycles. The number of aliphatic hydroxyl groups excluding tert-OH is 1. The third-order valence-electron chi connectivity index (χ3n) is 2.34. The first-order valence-electron chi connectivity index (χ1n) is 5.91. The Balaban J connectivity index is 3.64. The molecule has 17 heavy (non-hydrogen) atoms.